The highest BCUT2D eigenvalue weighted by Gasteiger charge is 1.97. The molecule has 1 aromatic carbocycles. The summed E-state index contributed by atoms with van der Waals surface area (Å²) >= 11 is 0. The van der Waals surface area contributed by atoms with Crippen molar-refractivity contribution in [2.75, 3.05) is 26.4 Å². The Kier molecular flexibility index (Phi) is 10.8. The van der Waals surface area contributed by atoms with Gasteiger partial charge >= 0.3 is 0 Å². The molecule has 0 aliphatic heterocycles. The van der Waals surface area contributed by atoms with E-state index < -0.39 is 0 Å². The van der Waals surface area contributed by atoms with E-state index in [1.54, 1.807) is 0 Å². The lowest BCUT2D eigenvalue weighted by Crippen LogP contribution is -2.08. The van der Waals surface area contributed by atoms with Crippen LogP contribution in [0.3, 0.4) is 0 Å². The van der Waals surface area contributed by atoms with E-state index in [1.807, 2.05) is 30.3 Å². The number of unbranched alkanes of at least 4 members (excludes halogenated alkanes) is 2. The highest BCUT2D eigenvalue weighted by Crippen LogP contribution is 2.08. The van der Waals surface area contributed by atoms with E-state index in [0.717, 1.165) is 64.3 Å². The first-order valence-corrected chi connectivity index (χ1v) is 8.20. The van der Waals surface area contributed by atoms with Crippen molar-refractivity contribution < 1.29 is 14.2 Å². The predicted octanol–water partition coefficient (Wildman–Crippen LogP) is 4.46. The Morgan fingerprint density at radius 1 is 0.857 bits per heavy atom. The van der Waals surface area contributed by atoms with Crippen molar-refractivity contribution >= 4 is 0 Å². The minimum absolute atomic E-state index is 0.385. The summed E-state index contributed by atoms with van der Waals surface area (Å²) in [5, 5.41) is 0. The van der Waals surface area contributed by atoms with E-state index in [0.29, 0.717) is 6.10 Å². The summed E-state index contributed by atoms with van der Waals surface area (Å²) in [5.74, 6) is 0.944. The zero-order chi connectivity index (χ0) is 15.2. The lowest BCUT2D eigenvalue weighted by molar-refractivity contribution is 0.0534. The summed E-state index contributed by atoms with van der Waals surface area (Å²) in [4.78, 5) is 0. The van der Waals surface area contributed by atoms with Gasteiger partial charge in [0.15, 0.2) is 0 Å². The van der Waals surface area contributed by atoms with Crippen molar-refractivity contribution in [3.05, 3.63) is 30.3 Å². The highest BCUT2D eigenvalue weighted by molar-refractivity contribution is 5.20. The van der Waals surface area contributed by atoms with E-state index in [2.05, 4.69) is 13.8 Å². The Morgan fingerprint density at radius 3 is 2.14 bits per heavy atom. The van der Waals surface area contributed by atoms with Gasteiger partial charge in [-0.1, -0.05) is 25.1 Å². The molecule has 0 aliphatic carbocycles. The molecule has 0 N–H and O–H groups in total. The van der Waals surface area contributed by atoms with E-state index in [-0.39, 0.29) is 0 Å². The molecule has 0 saturated carbocycles. The molecular weight excluding hydrogens is 264 g/mol. The normalized spacial score (nSPS) is 12.3. The smallest absolute Gasteiger partial charge is 0.119 e. The molecule has 0 saturated heterocycles. The molecule has 0 aliphatic rings. The molecule has 3 nitrogen and oxygen atoms in total. The maximum Gasteiger partial charge on any atom is 0.119 e. The van der Waals surface area contributed by atoms with Crippen LogP contribution in [0.15, 0.2) is 30.3 Å². The molecule has 1 atom stereocenters. The van der Waals surface area contributed by atoms with Crippen LogP contribution in [0.5, 0.6) is 5.75 Å². The highest BCUT2D eigenvalue weighted by atomic mass is 16.5. The Bertz CT molecular complexity index is 326. The molecule has 0 bridgehead atoms. The average Bonchev–Trinajstić information content (AvgIpc) is 2.53. The average molecular weight is 294 g/mol. The zero-order valence-electron chi connectivity index (χ0n) is 13.6. The molecule has 0 amide bonds. The van der Waals surface area contributed by atoms with Gasteiger partial charge in [-0.05, 0) is 51.2 Å². The van der Waals surface area contributed by atoms with Gasteiger partial charge in [0.05, 0.1) is 12.7 Å². The van der Waals surface area contributed by atoms with Crippen LogP contribution in [-0.2, 0) is 9.47 Å². The van der Waals surface area contributed by atoms with Crippen LogP contribution >= 0.6 is 0 Å². The monoisotopic (exact) mass is 294 g/mol. The van der Waals surface area contributed by atoms with E-state index in [9.17, 15) is 0 Å². The summed E-state index contributed by atoms with van der Waals surface area (Å²) in [7, 11) is 0. The predicted molar refractivity (Wildman–Crippen MR) is 86.9 cm³/mol. The van der Waals surface area contributed by atoms with Crippen LogP contribution < -0.4 is 4.74 Å². The molecule has 3 heteroatoms. The van der Waals surface area contributed by atoms with E-state index in [4.69, 9.17) is 14.2 Å². The fourth-order valence-corrected chi connectivity index (χ4v) is 1.82. The Morgan fingerprint density at radius 2 is 1.48 bits per heavy atom. The Balaban J connectivity index is 1.79. The molecule has 120 valence electrons. The van der Waals surface area contributed by atoms with Crippen molar-refractivity contribution in [3.63, 3.8) is 0 Å². The minimum Gasteiger partial charge on any atom is -0.494 e. The molecule has 1 rings (SSSR count). The Hall–Kier alpha value is -1.06. The van der Waals surface area contributed by atoms with E-state index >= 15 is 0 Å². The van der Waals surface area contributed by atoms with Crippen LogP contribution in [0.25, 0.3) is 0 Å². The molecule has 0 spiro atoms. The Labute approximate surface area is 129 Å². The van der Waals surface area contributed by atoms with Crippen molar-refractivity contribution in [1.29, 1.82) is 0 Å². The fourth-order valence-electron chi connectivity index (χ4n) is 1.82. The molecule has 1 aromatic rings. The van der Waals surface area contributed by atoms with Crippen molar-refractivity contribution in [2.45, 2.75) is 52.1 Å². The van der Waals surface area contributed by atoms with Gasteiger partial charge in [0.25, 0.3) is 0 Å². The fraction of sp³-hybridized carbons (Fsp3) is 0.667. The first-order valence-electron chi connectivity index (χ1n) is 8.20. The zero-order valence-corrected chi connectivity index (χ0v) is 13.6. The maximum atomic E-state index is 5.63. The number of para-hydroxylation sites is 1. The van der Waals surface area contributed by atoms with Crippen LogP contribution in [0.2, 0.25) is 0 Å². The summed E-state index contributed by atoms with van der Waals surface area (Å²) in [6.45, 7) is 7.54. The van der Waals surface area contributed by atoms with Gasteiger partial charge in [-0.2, -0.15) is 0 Å². The van der Waals surface area contributed by atoms with Gasteiger partial charge < -0.3 is 14.2 Å². The topological polar surface area (TPSA) is 27.7 Å². The number of ether oxygens (including phenoxy) is 3. The summed E-state index contributed by atoms with van der Waals surface area (Å²) in [5.41, 5.74) is 0. The van der Waals surface area contributed by atoms with Crippen molar-refractivity contribution in [3.8, 4) is 5.75 Å². The summed E-state index contributed by atoms with van der Waals surface area (Å²) in [6, 6.07) is 9.94. The lowest BCUT2D eigenvalue weighted by Gasteiger charge is -2.10. The molecule has 0 fully saturated rings. The number of rotatable bonds is 13. The van der Waals surface area contributed by atoms with Crippen LogP contribution in [0, 0.1) is 0 Å². The quantitative estimate of drug-likeness (QED) is 0.503. The molecule has 0 aromatic heterocycles. The molecule has 1 unspecified atom stereocenters. The minimum atomic E-state index is 0.385. The van der Waals surface area contributed by atoms with Crippen LogP contribution in [-0.4, -0.2) is 32.5 Å². The second-order valence-corrected chi connectivity index (χ2v) is 5.28. The van der Waals surface area contributed by atoms with Crippen molar-refractivity contribution in [2.24, 2.45) is 0 Å². The summed E-state index contributed by atoms with van der Waals surface area (Å²) < 4.78 is 16.9. The summed E-state index contributed by atoms with van der Waals surface area (Å²) in [6.07, 6.45) is 5.72. The number of hydrogen-bond acceptors (Lipinski definition) is 3. The van der Waals surface area contributed by atoms with Crippen LogP contribution in [0.1, 0.15) is 46.0 Å². The van der Waals surface area contributed by atoms with Crippen LogP contribution in [0.4, 0.5) is 0 Å². The maximum absolute atomic E-state index is 5.63. The molecule has 21 heavy (non-hydrogen) atoms. The third-order valence-corrected chi connectivity index (χ3v) is 3.36. The second kappa shape index (κ2) is 12.7. The van der Waals surface area contributed by atoms with E-state index in [1.165, 1.54) is 0 Å². The molecule has 0 radical (unpaired) electrons. The van der Waals surface area contributed by atoms with Gasteiger partial charge in [-0.15, -0.1) is 0 Å². The standard InChI is InChI=1S/C18H30O3/c1-3-17(2)20-15-9-7-13-19-14-8-10-16-21-18-11-5-4-6-12-18/h4-6,11-12,17H,3,7-10,13-16H2,1-2H3. The van der Waals surface area contributed by atoms with Gasteiger partial charge in [-0.3, -0.25) is 0 Å². The van der Waals surface area contributed by atoms with Gasteiger partial charge in [0, 0.05) is 19.8 Å². The second-order valence-electron chi connectivity index (χ2n) is 5.28. The number of hydrogen-bond donors (Lipinski definition) is 0. The third-order valence-electron chi connectivity index (χ3n) is 3.36. The molecular formula is C18H30O3. The van der Waals surface area contributed by atoms with Crippen molar-refractivity contribution in [1.82, 2.24) is 0 Å². The largest absolute Gasteiger partial charge is 0.494 e. The SMILES string of the molecule is CCC(C)OCCCCOCCCCOc1ccccc1. The lowest BCUT2D eigenvalue weighted by atomic mass is 10.3. The van der Waals surface area contributed by atoms with Gasteiger partial charge in [0.2, 0.25) is 0 Å². The third kappa shape index (κ3) is 10.3. The van der Waals surface area contributed by atoms with Gasteiger partial charge in [-0.25, -0.2) is 0 Å². The number of benzene rings is 1. The first-order chi connectivity index (χ1) is 10.3. The first kappa shape index (κ1) is 18.0. The molecule has 0 heterocycles. The van der Waals surface area contributed by atoms with Gasteiger partial charge in [0.1, 0.15) is 5.75 Å².